The van der Waals surface area contributed by atoms with E-state index in [2.05, 4.69) is 37.9 Å². The zero-order valence-electron chi connectivity index (χ0n) is 17.1. The van der Waals surface area contributed by atoms with Crippen molar-refractivity contribution in [2.45, 2.75) is 32.2 Å². The van der Waals surface area contributed by atoms with Crippen molar-refractivity contribution in [3.05, 3.63) is 59.1 Å². The molecular weight excluding hydrogens is 360 g/mol. The molecule has 1 aliphatic carbocycles. The predicted molar refractivity (Wildman–Crippen MR) is 118 cm³/mol. The van der Waals surface area contributed by atoms with Gasteiger partial charge in [0.1, 0.15) is 0 Å². The summed E-state index contributed by atoms with van der Waals surface area (Å²) in [6.07, 6.45) is 13.0. The maximum absolute atomic E-state index is 12.7. The molecule has 0 spiro atoms. The number of piperazine rings is 1. The highest BCUT2D eigenvalue weighted by molar-refractivity contribution is 6.06. The van der Waals surface area contributed by atoms with E-state index in [-0.39, 0.29) is 5.78 Å². The van der Waals surface area contributed by atoms with Crippen LogP contribution in [0.2, 0.25) is 0 Å². The van der Waals surface area contributed by atoms with E-state index in [1.807, 2.05) is 37.7 Å². The van der Waals surface area contributed by atoms with Crippen LogP contribution >= 0.6 is 0 Å². The average molecular weight is 389 g/mol. The van der Waals surface area contributed by atoms with Crippen molar-refractivity contribution in [1.82, 2.24) is 9.80 Å². The number of ketones is 1. The molecule has 0 bridgehead atoms. The number of carbonyl (C=O) groups excluding carboxylic acids is 1. The fourth-order valence-corrected chi connectivity index (χ4v) is 4.86. The second-order valence-electron chi connectivity index (χ2n) is 8.46. The number of allylic oxidation sites excluding steroid dienone is 3. The smallest absolute Gasteiger partial charge is 0.167 e. The number of rotatable bonds is 3. The van der Waals surface area contributed by atoms with E-state index in [4.69, 9.17) is 0 Å². The highest BCUT2D eigenvalue weighted by Crippen LogP contribution is 2.30. The lowest BCUT2D eigenvalue weighted by Crippen LogP contribution is -2.50. The zero-order valence-corrected chi connectivity index (χ0v) is 17.1. The predicted octanol–water partition coefficient (Wildman–Crippen LogP) is 3.24. The summed E-state index contributed by atoms with van der Waals surface area (Å²) in [5.74, 6) is 0.192. The maximum atomic E-state index is 12.7. The zero-order chi connectivity index (χ0) is 19.8. The van der Waals surface area contributed by atoms with Gasteiger partial charge in [-0.05, 0) is 61.7 Å². The molecule has 5 heteroatoms. The lowest BCUT2D eigenvalue weighted by atomic mass is 9.90. The van der Waals surface area contributed by atoms with Crippen molar-refractivity contribution in [3.8, 4) is 0 Å². The first kappa shape index (κ1) is 18.4. The van der Waals surface area contributed by atoms with Crippen molar-refractivity contribution < 1.29 is 4.79 Å². The van der Waals surface area contributed by atoms with Gasteiger partial charge in [-0.2, -0.15) is 0 Å². The van der Waals surface area contributed by atoms with Crippen LogP contribution in [0.1, 0.15) is 30.9 Å². The maximum Gasteiger partial charge on any atom is 0.167 e. The first-order chi connectivity index (χ1) is 14.2. The number of carbonyl (C=O) groups is 1. The van der Waals surface area contributed by atoms with Gasteiger partial charge in [-0.15, -0.1) is 0 Å². The Morgan fingerprint density at radius 3 is 3.03 bits per heavy atom. The van der Waals surface area contributed by atoms with Crippen LogP contribution in [-0.4, -0.2) is 60.6 Å². The largest absolute Gasteiger partial charge is 0.369 e. The summed E-state index contributed by atoms with van der Waals surface area (Å²) in [6, 6.07) is 7.35. The van der Waals surface area contributed by atoms with Gasteiger partial charge in [0.25, 0.3) is 0 Å². The average Bonchev–Trinajstić information content (AvgIpc) is 3.20. The standard InChI is InChI=1S/C24H28N4O/c1-18-16-26(10-7-25-18)9-6-20-13-19-4-5-22(14-21(19)15-24(20)29)28-12-11-27-8-2-3-23(27)17-28/h4-7,9,13-14,16,23H,2-3,8,10-12,15,17H2,1H3/b9-6+. The molecule has 1 unspecified atom stereocenters. The molecule has 0 N–H and O–H groups in total. The van der Waals surface area contributed by atoms with Crippen molar-refractivity contribution in [1.29, 1.82) is 0 Å². The quantitative estimate of drug-likeness (QED) is 0.797. The highest BCUT2D eigenvalue weighted by atomic mass is 16.1. The van der Waals surface area contributed by atoms with E-state index in [1.165, 1.54) is 30.6 Å². The van der Waals surface area contributed by atoms with Crippen molar-refractivity contribution in [3.63, 3.8) is 0 Å². The second kappa shape index (κ2) is 7.64. The van der Waals surface area contributed by atoms with Crippen molar-refractivity contribution in [2.24, 2.45) is 4.99 Å². The third-order valence-corrected chi connectivity index (χ3v) is 6.45. The van der Waals surface area contributed by atoms with Gasteiger partial charge in [0, 0.05) is 62.0 Å². The lowest BCUT2D eigenvalue weighted by Gasteiger charge is -2.39. The summed E-state index contributed by atoms with van der Waals surface area (Å²) in [4.78, 5) is 24.2. The Kier molecular flexibility index (Phi) is 4.84. The Labute approximate surface area is 172 Å². The van der Waals surface area contributed by atoms with Crippen LogP contribution in [-0.2, 0) is 11.2 Å². The van der Waals surface area contributed by atoms with E-state index < -0.39 is 0 Å². The Hall–Kier alpha value is -2.66. The molecule has 150 valence electrons. The molecule has 0 amide bonds. The van der Waals surface area contributed by atoms with Gasteiger partial charge in [0.15, 0.2) is 5.78 Å². The molecule has 1 atom stereocenters. The number of benzene rings is 1. The summed E-state index contributed by atoms with van der Waals surface area (Å²) < 4.78 is 0. The van der Waals surface area contributed by atoms with E-state index in [0.717, 1.165) is 43.0 Å². The molecule has 3 heterocycles. The third-order valence-electron chi connectivity index (χ3n) is 6.45. The molecule has 0 saturated carbocycles. The molecule has 5 nitrogen and oxygen atoms in total. The van der Waals surface area contributed by atoms with Crippen LogP contribution in [0, 0.1) is 0 Å². The lowest BCUT2D eigenvalue weighted by molar-refractivity contribution is -0.114. The van der Waals surface area contributed by atoms with Crippen LogP contribution in [0.3, 0.4) is 0 Å². The van der Waals surface area contributed by atoms with Crippen molar-refractivity contribution in [2.75, 3.05) is 37.6 Å². The number of hydrogen-bond donors (Lipinski definition) is 0. The van der Waals surface area contributed by atoms with Gasteiger partial charge in [-0.1, -0.05) is 6.07 Å². The van der Waals surface area contributed by atoms with Crippen LogP contribution in [0.15, 0.2) is 52.9 Å². The number of aliphatic imine (C=N–C) groups is 1. The number of Topliss-reactive ketones (excluding diaryl/α,β-unsaturated/α-hetero) is 1. The monoisotopic (exact) mass is 388 g/mol. The molecule has 4 aliphatic rings. The Morgan fingerprint density at radius 1 is 1.21 bits per heavy atom. The Morgan fingerprint density at radius 2 is 2.14 bits per heavy atom. The number of hydrogen-bond acceptors (Lipinski definition) is 5. The number of anilines is 1. The minimum atomic E-state index is 0.192. The van der Waals surface area contributed by atoms with Gasteiger partial charge < -0.3 is 9.80 Å². The minimum Gasteiger partial charge on any atom is -0.369 e. The molecule has 3 aliphatic heterocycles. The molecular formula is C24H28N4O. The fourth-order valence-electron chi connectivity index (χ4n) is 4.86. The Bertz CT molecular complexity index is 942. The molecule has 1 aromatic rings. The SMILES string of the molecule is CC1=CN(/C=C/C2=Cc3ccc(N4CCN5CCCC5C4)cc3CC2=O)CC=N1. The number of nitrogens with zero attached hydrogens (tertiary/aromatic N) is 4. The molecule has 0 radical (unpaired) electrons. The van der Waals surface area contributed by atoms with Gasteiger partial charge in [0.05, 0.1) is 12.2 Å². The minimum absolute atomic E-state index is 0.192. The van der Waals surface area contributed by atoms with Gasteiger partial charge >= 0.3 is 0 Å². The van der Waals surface area contributed by atoms with Gasteiger partial charge in [-0.3, -0.25) is 14.7 Å². The highest BCUT2D eigenvalue weighted by Gasteiger charge is 2.31. The number of fused-ring (bicyclic) bond motifs is 2. The van der Waals surface area contributed by atoms with E-state index in [0.29, 0.717) is 12.5 Å². The van der Waals surface area contributed by atoms with Crippen LogP contribution in [0.5, 0.6) is 0 Å². The van der Waals surface area contributed by atoms with Crippen molar-refractivity contribution >= 4 is 23.8 Å². The Balaban J connectivity index is 1.33. The summed E-state index contributed by atoms with van der Waals surface area (Å²) >= 11 is 0. The van der Waals surface area contributed by atoms with Gasteiger partial charge in [0.2, 0.25) is 0 Å². The normalized spacial score (nSPS) is 24.6. The van der Waals surface area contributed by atoms with Crippen LogP contribution < -0.4 is 4.90 Å². The van der Waals surface area contributed by atoms with Gasteiger partial charge in [-0.25, -0.2) is 0 Å². The third kappa shape index (κ3) is 3.79. The van der Waals surface area contributed by atoms with Crippen LogP contribution in [0.25, 0.3) is 6.08 Å². The molecule has 2 saturated heterocycles. The molecule has 0 aromatic heterocycles. The summed E-state index contributed by atoms with van der Waals surface area (Å²) in [6.45, 7) is 7.33. The topological polar surface area (TPSA) is 39.1 Å². The molecule has 2 fully saturated rings. The molecule has 29 heavy (non-hydrogen) atoms. The van der Waals surface area contributed by atoms with Crippen LogP contribution in [0.4, 0.5) is 5.69 Å². The second-order valence-corrected chi connectivity index (χ2v) is 8.46. The van der Waals surface area contributed by atoms with E-state index >= 15 is 0 Å². The summed E-state index contributed by atoms with van der Waals surface area (Å²) in [5, 5.41) is 0. The van der Waals surface area contributed by atoms with E-state index in [1.54, 1.807) is 0 Å². The fraction of sp³-hybridized carbons (Fsp3) is 0.417. The molecule has 5 rings (SSSR count). The first-order valence-corrected chi connectivity index (χ1v) is 10.7. The molecule has 1 aromatic carbocycles. The summed E-state index contributed by atoms with van der Waals surface area (Å²) in [7, 11) is 0. The van der Waals surface area contributed by atoms with E-state index in [9.17, 15) is 4.79 Å². The summed E-state index contributed by atoms with van der Waals surface area (Å²) in [5.41, 5.74) is 5.34. The first-order valence-electron chi connectivity index (χ1n) is 10.7.